The SMILES string of the molecule is CSCC[C@H](NC(=O)C1CSC(=O)N1)C(=O)O. The Morgan fingerprint density at radius 1 is 1.71 bits per heavy atom. The first-order valence-electron chi connectivity index (χ1n) is 5.00. The fraction of sp³-hybridized carbons (Fsp3) is 0.667. The van der Waals surface area contributed by atoms with Crippen molar-refractivity contribution in [3.05, 3.63) is 0 Å². The summed E-state index contributed by atoms with van der Waals surface area (Å²) in [4.78, 5) is 33.5. The zero-order valence-electron chi connectivity index (χ0n) is 9.26. The van der Waals surface area contributed by atoms with Crippen molar-refractivity contribution in [2.45, 2.75) is 18.5 Å². The Kier molecular flexibility index (Phi) is 5.63. The Hall–Kier alpha value is -0.890. The molecule has 8 heteroatoms. The summed E-state index contributed by atoms with van der Waals surface area (Å²) in [6.07, 6.45) is 2.24. The summed E-state index contributed by atoms with van der Waals surface area (Å²) in [7, 11) is 0. The van der Waals surface area contributed by atoms with E-state index in [4.69, 9.17) is 5.11 Å². The minimum atomic E-state index is -1.05. The van der Waals surface area contributed by atoms with Gasteiger partial charge >= 0.3 is 5.97 Å². The van der Waals surface area contributed by atoms with Crippen molar-refractivity contribution >= 4 is 40.6 Å². The number of hydrogen-bond donors (Lipinski definition) is 3. The van der Waals surface area contributed by atoms with E-state index in [0.717, 1.165) is 11.8 Å². The van der Waals surface area contributed by atoms with Crippen LogP contribution in [0.1, 0.15) is 6.42 Å². The van der Waals surface area contributed by atoms with Gasteiger partial charge in [-0.3, -0.25) is 9.59 Å². The van der Waals surface area contributed by atoms with Crippen LogP contribution in [0.5, 0.6) is 0 Å². The number of carboxylic acid groups (broad SMARTS) is 1. The number of nitrogens with one attached hydrogen (secondary N) is 2. The van der Waals surface area contributed by atoms with Gasteiger partial charge in [-0.15, -0.1) is 0 Å². The Balaban J connectivity index is 2.46. The summed E-state index contributed by atoms with van der Waals surface area (Å²) in [6, 6.07) is -1.51. The lowest BCUT2D eigenvalue weighted by atomic mass is 10.2. The molecule has 1 rings (SSSR count). The van der Waals surface area contributed by atoms with Crippen LogP contribution in [0.25, 0.3) is 0 Å². The second-order valence-electron chi connectivity index (χ2n) is 3.48. The van der Waals surface area contributed by atoms with Gasteiger partial charge in [0.25, 0.3) is 5.24 Å². The number of carboxylic acids is 1. The molecule has 1 fully saturated rings. The van der Waals surface area contributed by atoms with E-state index in [2.05, 4.69) is 10.6 Å². The Bertz CT molecular complexity index is 324. The Morgan fingerprint density at radius 3 is 2.88 bits per heavy atom. The minimum absolute atomic E-state index is 0.249. The van der Waals surface area contributed by atoms with E-state index in [0.29, 0.717) is 17.9 Å². The molecule has 0 aromatic rings. The molecule has 1 heterocycles. The van der Waals surface area contributed by atoms with Crippen LogP contribution in [0.4, 0.5) is 4.79 Å². The molecule has 0 saturated carbocycles. The molecule has 0 aromatic carbocycles. The molecule has 0 bridgehead atoms. The summed E-state index contributed by atoms with van der Waals surface area (Å²) < 4.78 is 0. The number of amides is 2. The number of aliphatic carboxylic acids is 1. The zero-order valence-corrected chi connectivity index (χ0v) is 10.9. The second kappa shape index (κ2) is 6.75. The Morgan fingerprint density at radius 2 is 2.41 bits per heavy atom. The first-order valence-corrected chi connectivity index (χ1v) is 7.38. The van der Waals surface area contributed by atoms with Gasteiger partial charge in [0.1, 0.15) is 12.1 Å². The van der Waals surface area contributed by atoms with Crippen molar-refractivity contribution < 1.29 is 19.5 Å². The highest BCUT2D eigenvalue weighted by molar-refractivity contribution is 8.14. The number of hydrogen-bond acceptors (Lipinski definition) is 5. The number of thioether (sulfide) groups is 2. The molecule has 1 aliphatic heterocycles. The Labute approximate surface area is 107 Å². The summed E-state index contributed by atoms with van der Waals surface area (Å²) >= 11 is 2.54. The third kappa shape index (κ3) is 4.47. The molecule has 1 unspecified atom stereocenters. The lowest BCUT2D eigenvalue weighted by Gasteiger charge is -2.16. The molecule has 0 radical (unpaired) electrons. The maximum Gasteiger partial charge on any atom is 0.326 e. The summed E-state index contributed by atoms with van der Waals surface area (Å²) in [5, 5.41) is 13.6. The van der Waals surface area contributed by atoms with Gasteiger partial charge in [0.2, 0.25) is 5.91 Å². The minimum Gasteiger partial charge on any atom is -0.480 e. The van der Waals surface area contributed by atoms with Crippen LogP contribution in [0, 0.1) is 0 Å². The standard InChI is InChI=1S/C9H14N2O4S2/c1-16-3-2-5(8(13)14)10-7(12)6-4-17-9(15)11-6/h5-6H,2-4H2,1H3,(H,10,12)(H,11,15)(H,13,14)/t5-,6?/m0/s1. The lowest BCUT2D eigenvalue weighted by Crippen LogP contribution is -2.49. The smallest absolute Gasteiger partial charge is 0.326 e. The van der Waals surface area contributed by atoms with Crippen LogP contribution in [-0.4, -0.2) is 52.1 Å². The van der Waals surface area contributed by atoms with Crippen LogP contribution in [-0.2, 0) is 9.59 Å². The van der Waals surface area contributed by atoms with Gasteiger partial charge in [-0.2, -0.15) is 11.8 Å². The first-order chi connectivity index (χ1) is 8.04. The fourth-order valence-corrected chi connectivity index (χ4v) is 2.54. The molecule has 3 N–H and O–H groups in total. The molecule has 0 spiro atoms. The maximum absolute atomic E-state index is 11.7. The predicted octanol–water partition coefficient (Wildman–Crippen LogP) is 0.134. The second-order valence-corrected chi connectivity index (χ2v) is 5.45. The van der Waals surface area contributed by atoms with Crippen molar-refractivity contribution in [2.24, 2.45) is 0 Å². The van der Waals surface area contributed by atoms with Crippen molar-refractivity contribution in [1.29, 1.82) is 0 Å². The molecular weight excluding hydrogens is 264 g/mol. The van der Waals surface area contributed by atoms with Gasteiger partial charge in [0, 0.05) is 5.75 Å². The van der Waals surface area contributed by atoms with E-state index in [1.807, 2.05) is 6.26 Å². The number of carbonyl (C=O) groups is 3. The van der Waals surface area contributed by atoms with Crippen LogP contribution in [0.15, 0.2) is 0 Å². The molecule has 2 atom stereocenters. The van der Waals surface area contributed by atoms with Crippen molar-refractivity contribution in [3.63, 3.8) is 0 Å². The monoisotopic (exact) mass is 278 g/mol. The zero-order chi connectivity index (χ0) is 12.8. The molecule has 1 saturated heterocycles. The van der Waals surface area contributed by atoms with E-state index in [1.54, 1.807) is 0 Å². The van der Waals surface area contributed by atoms with Gasteiger partial charge in [-0.25, -0.2) is 4.79 Å². The molecular formula is C9H14N2O4S2. The maximum atomic E-state index is 11.7. The van der Waals surface area contributed by atoms with E-state index < -0.39 is 24.0 Å². The van der Waals surface area contributed by atoms with Gasteiger partial charge in [-0.05, 0) is 18.4 Å². The van der Waals surface area contributed by atoms with Crippen LogP contribution >= 0.6 is 23.5 Å². The molecule has 0 aliphatic carbocycles. The molecule has 0 aromatic heterocycles. The van der Waals surface area contributed by atoms with Gasteiger partial charge < -0.3 is 15.7 Å². The highest BCUT2D eigenvalue weighted by Gasteiger charge is 2.30. The fourth-order valence-electron chi connectivity index (χ4n) is 1.29. The van der Waals surface area contributed by atoms with E-state index in [1.165, 1.54) is 11.8 Å². The lowest BCUT2D eigenvalue weighted by molar-refractivity contribution is -0.142. The molecule has 2 amide bonds. The predicted molar refractivity (Wildman–Crippen MR) is 67.3 cm³/mol. The third-order valence-electron chi connectivity index (χ3n) is 2.21. The van der Waals surface area contributed by atoms with E-state index in [-0.39, 0.29) is 5.24 Å². The highest BCUT2D eigenvalue weighted by Crippen LogP contribution is 2.13. The van der Waals surface area contributed by atoms with E-state index >= 15 is 0 Å². The largest absolute Gasteiger partial charge is 0.480 e. The average Bonchev–Trinajstić information content (AvgIpc) is 2.70. The normalized spacial score (nSPS) is 20.8. The van der Waals surface area contributed by atoms with Gasteiger partial charge in [0.05, 0.1) is 0 Å². The molecule has 96 valence electrons. The quantitative estimate of drug-likeness (QED) is 0.639. The van der Waals surface area contributed by atoms with Crippen molar-refractivity contribution in [3.8, 4) is 0 Å². The summed E-state index contributed by atoms with van der Waals surface area (Å²) in [5.41, 5.74) is 0. The van der Waals surface area contributed by atoms with Crippen molar-refractivity contribution in [1.82, 2.24) is 10.6 Å². The number of rotatable bonds is 6. The first kappa shape index (κ1) is 14.2. The van der Waals surface area contributed by atoms with Crippen LogP contribution in [0.2, 0.25) is 0 Å². The number of carbonyl (C=O) groups excluding carboxylic acids is 2. The third-order valence-corrected chi connectivity index (χ3v) is 3.74. The highest BCUT2D eigenvalue weighted by atomic mass is 32.2. The average molecular weight is 278 g/mol. The molecule has 17 heavy (non-hydrogen) atoms. The van der Waals surface area contributed by atoms with Crippen LogP contribution < -0.4 is 10.6 Å². The molecule has 1 aliphatic rings. The molecule has 6 nitrogen and oxygen atoms in total. The topological polar surface area (TPSA) is 95.5 Å². The summed E-state index contributed by atoms with van der Waals surface area (Å²) in [6.45, 7) is 0. The van der Waals surface area contributed by atoms with E-state index in [9.17, 15) is 14.4 Å². The van der Waals surface area contributed by atoms with Gasteiger partial charge in [-0.1, -0.05) is 11.8 Å². The summed E-state index contributed by atoms with van der Waals surface area (Å²) in [5.74, 6) is -0.482. The van der Waals surface area contributed by atoms with Crippen molar-refractivity contribution in [2.75, 3.05) is 17.8 Å². The van der Waals surface area contributed by atoms with Crippen LogP contribution in [0.3, 0.4) is 0 Å². The van der Waals surface area contributed by atoms with Gasteiger partial charge in [0.15, 0.2) is 0 Å².